The zero-order chi connectivity index (χ0) is 18.0. The van der Waals surface area contributed by atoms with Crippen molar-refractivity contribution in [2.24, 2.45) is 0 Å². The number of benzene rings is 2. The largest absolute Gasteiger partial charge is 0.486 e. The van der Waals surface area contributed by atoms with Gasteiger partial charge in [0, 0.05) is 12.1 Å². The van der Waals surface area contributed by atoms with Crippen LogP contribution in [0.4, 0.5) is 5.69 Å². The molecule has 25 heavy (non-hydrogen) atoms. The van der Waals surface area contributed by atoms with Crippen LogP contribution in [-0.2, 0) is 10.0 Å². The molecule has 1 heterocycles. The first-order chi connectivity index (χ1) is 11.9. The number of fused-ring (bicyclic) bond motifs is 1. The number of nitriles is 1. The van der Waals surface area contributed by atoms with E-state index in [-0.39, 0.29) is 46.4 Å². The molecule has 0 atom stereocenters. The quantitative estimate of drug-likeness (QED) is 0.852. The Morgan fingerprint density at radius 2 is 1.84 bits per heavy atom. The van der Waals surface area contributed by atoms with Crippen LogP contribution in [0.5, 0.6) is 11.5 Å². The van der Waals surface area contributed by atoms with E-state index in [9.17, 15) is 18.3 Å². The molecule has 0 unspecified atom stereocenters. The molecule has 0 fully saturated rings. The maximum absolute atomic E-state index is 12.5. The van der Waals surface area contributed by atoms with Crippen molar-refractivity contribution < 1.29 is 27.8 Å². The van der Waals surface area contributed by atoms with Crippen LogP contribution in [0, 0.1) is 11.3 Å². The number of ether oxygens (including phenoxy) is 2. The summed E-state index contributed by atoms with van der Waals surface area (Å²) in [5.74, 6) is -0.835. The van der Waals surface area contributed by atoms with Gasteiger partial charge in [-0.25, -0.2) is 13.2 Å². The van der Waals surface area contributed by atoms with Crippen LogP contribution in [0.3, 0.4) is 0 Å². The molecule has 0 aliphatic carbocycles. The van der Waals surface area contributed by atoms with E-state index in [2.05, 4.69) is 4.72 Å². The minimum absolute atomic E-state index is 0.154. The molecule has 0 bridgehead atoms. The van der Waals surface area contributed by atoms with Crippen LogP contribution < -0.4 is 14.2 Å². The summed E-state index contributed by atoms with van der Waals surface area (Å²) in [6.07, 6.45) is 0. The molecule has 2 aromatic carbocycles. The SMILES string of the molecule is N#Cc1cccc(S(=O)(=O)Nc2cc3c(cc2C(=O)O)OCCO3)c1. The van der Waals surface area contributed by atoms with Gasteiger partial charge >= 0.3 is 5.97 Å². The lowest BCUT2D eigenvalue weighted by Crippen LogP contribution is -2.19. The minimum Gasteiger partial charge on any atom is -0.486 e. The number of hydrogen-bond donors (Lipinski definition) is 2. The van der Waals surface area contributed by atoms with Gasteiger partial charge in [0.25, 0.3) is 10.0 Å². The molecular weight excluding hydrogens is 348 g/mol. The van der Waals surface area contributed by atoms with Crippen molar-refractivity contribution in [1.29, 1.82) is 5.26 Å². The zero-order valence-corrected chi connectivity index (χ0v) is 13.5. The zero-order valence-electron chi connectivity index (χ0n) is 12.7. The molecule has 9 heteroatoms. The molecular formula is C16H12N2O6S. The molecule has 2 N–H and O–H groups in total. The van der Waals surface area contributed by atoms with Gasteiger partial charge in [0.2, 0.25) is 0 Å². The van der Waals surface area contributed by atoms with E-state index < -0.39 is 16.0 Å². The number of carboxylic acid groups (broad SMARTS) is 1. The standard InChI is InChI=1S/C16H12N2O6S/c17-9-10-2-1-3-11(6-10)25(21,22)18-13-8-15-14(23-4-5-24-15)7-12(13)16(19)20/h1-3,6-8,18H,4-5H2,(H,19,20). The maximum Gasteiger partial charge on any atom is 0.337 e. The van der Waals surface area contributed by atoms with E-state index in [1.165, 1.54) is 36.4 Å². The molecule has 1 aliphatic rings. The van der Waals surface area contributed by atoms with Gasteiger partial charge in [-0.1, -0.05) is 6.07 Å². The predicted octanol–water partition coefficient (Wildman–Crippen LogP) is 1.83. The van der Waals surface area contributed by atoms with Crippen LogP contribution in [-0.4, -0.2) is 32.7 Å². The second-order valence-electron chi connectivity index (χ2n) is 5.09. The number of nitrogens with zero attached hydrogens (tertiary/aromatic N) is 1. The van der Waals surface area contributed by atoms with Crippen molar-refractivity contribution in [3.63, 3.8) is 0 Å². The summed E-state index contributed by atoms with van der Waals surface area (Å²) < 4.78 is 38.0. The van der Waals surface area contributed by atoms with Crippen LogP contribution in [0.1, 0.15) is 15.9 Å². The molecule has 128 valence electrons. The van der Waals surface area contributed by atoms with Gasteiger partial charge in [-0.2, -0.15) is 5.26 Å². The van der Waals surface area contributed by atoms with Crippen molar-refractivity contribution in [2.45, 2.75) is 4.90 Å². The van der Waals surface area contributed by atoms with Crippen molar-refractivity contribution in [3.05, 3.63) is 47.5 Å². The van der Waals surface area contributed by atoms with Gasteiger partial charge in [-0.05, 0) is 18.2 Å². The summed E-state index contributed by atoms with van der Waals surface area (Å²) in [6, 6.07) is 9.72. The third-order valence-electron chi connectivity index (χ3n) is 3.43. The van der Waals surface area contributed by atoms with Gasteiger partial charge in [-0.3, -0.25) is 4.72 Å². The van der Waals surface area contributed by atoms with Crippen molar-refractivity contribution in [2.75, 3.05) is 17.9 Å². The predicted molar refractivity (Wildman–Crippen MR) is 86.4 cm³/mol. The van der Waals surface area contributed by atoms with Gasteiger partial charge in [0.1, 0.15) is 13.2 Å². The second kappa shape index (κ2) is 6.33. The van der Waals surface area contributed by atoms with E-state index in [4.69, 9.17) is 14.7 Å². The molecule has 0 amide bonds. The molecule has 0 saturated carbocycles. The lowest BCUT2D eigenvalue weighted by atomic mass is 10.1. The number of carboxylic acids is 1. The Labute approximate surface area is 143 Å². The molecule has 0 aromatic heterocycles. The van der Waals surface area contributed by atoms with Gasteiger partial charge < -0.3 is 14.6 Å². The van der Waals surface area contributed by atoms with Crippen LogP contribution in [0.2, 0.25) is 0 Å². The number of sulfonamides is 1. The number of rotatable bonds is 4. The first-order valence-electron chi connectivity index (χ1n) is 7.10. The van der Waals surface area contributed by atoms with Crippen LogP contribution >= 0.6 is 0 Å². The highest BCUT2D eigenvalue weighted by atomic mass is 32.2. The van der Waals surface area contributed by atoms with E-state index in [1.54, 1.807) is 0 Å². The Morgan fingerprint density at radius 1 is 1.16 bits per heavy atom. The highest BCUT2D eigenvalue weighted by Gasteiger charge is 2.23. The van der Waals surface area contributed by atoms with Gasteiger partial charge in [0.05, 0.1) is 27.8 Å². The van der Waals surface area contributed by atoms with E-state index >= 15 is 0 Å². The fourth-order valence-corrected chi connectivity index (χ4v) is 3.40. The van der Waals surface area contributed by atoms with Crippen molar-refractivity contribution in [3.8, 4) is 17.6 Å². The number of hydrogen-bond acceptors (Lipinski definition) is 6. The summed E-state index contributed by atoms with van der Waals surface area (Å²) in [5.41, 5.74) is -0.258. The summed E-state index contributed by atoms with van der Waals surface area (Å²) in [4.78, 5) is 11.3. The van der Waals surface area contributed by atoms with E-state index in [1.807, 2.05) is 6.07 Å². The normalized spacial score (nSPS) is 12.9. The second-order valence-corrected chi connectivity index (χ2v) is 6.77. The number of anilines is 1. The molecule has 1 aliphatic heterocycles. The summed E-state index contributed by atoms with van der Waals surface area (Å²) in [5, 5.41) is 18.2. The van der Waals surface area contributed by atoms with Crippen LogP contribution in [0.25, 0.3) is 0 Å². The van der Waals surface area contributed by atoms with Crippen LogP contribution in [0.15, 0.2) is 41.3 Å². The van der Waals surface area contributed by atoms with Gasteiger partial charge in [-0.15, -0.1) is 0 Å². The fourth-order valence-electron chi connectivity index (χ4n) is 2.29. The Morgan fingerprint density at radius 3 is 2.48 bits per heavy atom. The molecule has 8 nitrogen and oxygen atoms in total. The van der Waals surface area contributed by atoms with E-state index in [0.29, 0.717) is 0 Å². The Hall–Kier alpha value is -3.25. The maximum atomic E-state index is 12.5. The monoisotopic (exact) mass is 360 g/mol. The highest BCUT2D eigenvalue weighted by molar-refractivity contribution is 7.92. The summed E-state index contributed by atoms with van der Waals surface area (Å²) in [6.45, 7) is 0.550. The van der Waals surface area contributed by atoms with Gasteiger partial charge in [0.15, 0.2) is 11.5 Å². The molecule has 0 spiro atoms. The topological polar surface area (TPSA) is 126 Å². The first-order valence-corrected chi connectivity index (χ1v) is 8.59. The summed E-state index contributed by atoms with van der Waals surface area (Å²) in [7, 11) is -4.09. The first kappa shape index (κ1) is 16.6. The molecule has 0 radical (unpaired) electrons. The average molecular weight is 360 g/mol. The number of carbonyl (C=O) groups is 1. The van der Waals surface area contributed by atoms with Crippen molar-refractivity contribution in [1.82, 2.24) is 0 Å². The highest BCUT2D eigenvalue weighted by Crippen LogP contribution is 2.36. The Balaban J connectivity index is 2.04. The smallest absolute Gasteiger partial charge is 0.337 e. The Bertz CT molecular complexity index is 994. The third kappa shape index (κ3) is 3.34. The van der Waals surface area contributed by atoms with Crippen molar-refractivity contribution >= 4 is 21.7 Å². The Kier molecular flexibility index (Phi) is 4.21. The molecule has 0 saturated heterocycles. The lowest BCUT2D eigenvalue weighted by molar-refractivity contribution is 0.0697. The fraction of sp³-hybridized carbons (Fsp3) is 0.125. The number of aromatic carboxylic acids is 1. The summed E-state index contributed by atoms with van der Waals surface area (Å²) >= 11 is 0. The minimum atomic E-state index is -4.09. The third-order valence-corrected chi connectivity index (χ3v) is 4.79. The number of nitrogens with one attached hydrogen (secondary N) is 1. The lowest BCUT2D eigenvalue weighted by Gasteiger charge is -2.20. The van der Waals surface area contributed by atoms with E-state index in [0.717, 1.165) is 0 Å². The average Bonchev–Trinajstić information content (AvgIpc) is 2.60. The molecule has 2 aromatic rings. The molecule has 3 rings (SSSR count).